The zero-order valence-corrected chi connectivity index (χ0v) is 8.05. The van der Waals surface area contributed by atoms with Crippen molar-refractivity contribution in [1.82, 2.24) is 0 Å². The second-order valence-corrected chi connectivity index (χ2v) is 3.28. The minimum absolute atomic E-state index is 0.0717. The molecule has 0 bridgehead atoms. The van der Waals surface area contributed by atoms with Crippen LogP contribution in [0.3, 0.4) is 0 Å². The topological polar surface area (TPSA) is 39.2 Å². The fourth-order valence-corrected chi connectivity index (χ4v) is 1.24. The summed E-state index contributed by atoms with van der Waals surface area (Å²) in [4.78, 5) is 0. The van der Waals surface area contributed by atoms with Gasteiger partial charge in [0.15, 0.2) is 0 Å². The lowest BCUT2D eigenvalue weighted by Gasteiger charge is -2.05. The first-order valence-corrected chi connectivity index (χ1v) is 4.47. The van der Waals surface area contributed by atoms with Crippen LogP contribution in [-0.4, -0.2) is 0 Å². The fraction of sp³-hybridized carbons (Fsp3) is 0.600. The molecule has 0 saturated heterocycles. The number of furan rings is 1. The van der Waals surface area contributed by atoms with Gasteiger partial charge in [-0.05, 0) is 31.9 Å². The number of nitrogens with two attached hydrogens (primary N) is 1. The van der Waals surface area contributed by atoms with Crippen LogP contribution in [-0.2, 0) is 0 Å². The Balaban J connectivity index is 2.74. The van der Waals surface area contributed by atoms with Gasteiger partial charge in [0.05, 0.1) is 6.04 Å². The van der Waals surface area contributed by atoms with Gasteiger partial charge in [0, 0.05) is 0 Å². The maximum atomic E-state index is 5.89. The van der Waals surface area contributed by atoms with Crippen molar-refractivity contribution >= 4 is 0 Å². The van der Waals surface area contributed by atoms with Crippen LogP contribution < -0.4 is 5.73 Å². The quantitative estimate of drug-likeness (QED) is 0.751. The van der Waals surface area contributed by atoms with Crippen LogP contribution in [0.1, 0.15) is 42.9 Å². The highest BCUT2D eigenvalue weighted by Crippen LogP contribution is 2.21. The highest BCUT2D eigenvalue weighted by atomic mass is 16.3. The third-order valence-electron chi connectivity index (χ3n) is 2.15. The molecule has 2 N–H and O–H groups in total. The summed E-state index contributed by atoms with van der Waals surface area (Å²) in [5, 5.41) is 0. The van der Waals surface area contributed by atoms with Crippen molar-refractivity contribution in [3.63, 3.8) is 0 Å². The molecule has 1 atom stereocenters. The van der Waals surface area contributed by atoms with Crippen molar-refractivity contribution in [3.05, 3.63) is 23.2 Å². The molecule has 0 saturated carbocycles. The molecule has 1 heterocycles. The average Bonchev–Trinajstić information content (AvgIpc) is 2.33. The van der Waals surface area contributed by atoms with E-state index in [9.17, 15) is 0 Å². The molecule has 0 radical (unpaired) electrons. The molecule has 1 aromatic heterocycles. The summed E-state index contributed by atoms with van der Waals surface area (Å²) in [7, 11) is 0. The van der Waals surface area contributed by atoms with Crippen LogP contribution in [0.15, 0.2) is 10.5 Å². The molecule has 0 aliphatic rings. The van der Waals surface area contributed by atoms with Crippen LogP contribution in [0, 0.1) is 13.8 Å². The molecule has 1 aromatic rings. The van der Waals surface area contributed by atoms with Gasteiger partial charge < -0.3 is 10.2 Å². The third-order valence-corrected chi connectivity index (χ3v) is 2.15. The summed E-state index contributed by atoms with van der Waals surface area (Å²) in [6.45, 7) is 6.14. The second-order valence-electron chi connectivity index (χ2n) is 3.28. The highest BCUT2D eigenvalue weighted by Gasteiger charge is 2.10. The van der Waals surface area contributed by atoms with Crippen molar-refractivity contribution < 1.29 is 4.42 Å². The molecule has 0 aliphatic heterocycles. The molecule has 0 fully saturated rings. The minimum atomic E-state index is 0.0717. The van der Waals surface area contributed by atoms with E-state index in [-0.39, 0.29) is 6.04 Å². The molecule has 0 spiro atoms. The van der Waals surface area contributed by atoms with E-state index >= 15 is 0 Å². The van der Waals surface area contributed by atoms with E-state index in [0.29, 0.717) is 0 Å². The number of hydrogen-bond acceptors (Lipinski definition) is 2. The number of rotatable bonds is 3. The molecule has 1 unspecified atom stereocenters. The third kappa shape index (κ3) is 1.89. The van der Waals surface area contributed by atoms with E-state index in [1.165, 1.54) is 5.56 Å². The summed E-state index contributed by atoms with van der Waals surface area (Å²) in [5.74, 6) is 1.91. The van der Waals surface area contributed by atoms with Gasteiger partial charge in [0.25, 0.3) is 0 Å². The van der Waals surface area contributed by atoms with Crippen LogP contribution in [0.25, 0.3) is 0 Å². The molecule has 68 valence electrons. The highest BCUT2D eigenvalue weighted by molar-refractivity contribution is 5.20. The van der Waals surface area contributed by atoms with Crippen molar-refractivity contribution in [3.8, 4) is 0 Å². The van der Waals surface area contributed by atoms with Gasteiger partial charge in [-0.25, -0.2) is 0 Å². The zero-order chi connectivity index (χ0) is 9.14. The Labute approximate surface area is 73.8 Å². The summed E-state index contributed by atoms with van der Waals surface area (Å²) < 4.78 is 5.50. The summed E-state index contributed by atoms with van der Waals surface area (Å²) in [6.07, 6.45) is 2.09. The van der Waals surface area contributed by atoms with Crippen molar-refractivity contribution in [2.45, 2.75) is 39.7 Å². The van der Waals surface area contributed by atoms with Crippen LogP contribution in [0.2, 0.25) is 0 Å². The Morgan fingerprint density at radius 3 is 2.58 bits per heavy atom. The summed E-state index contributed by atoms with van der Waals surface area (Å²) in [5.41, 5.74) is 7.09. The van der Waals surface area contributed by atoms with Crippen LogP contribution in [0.5, 0.6) is 0 Å². The number of aryl methyl sites for hydroxylation is 2. The van der Waals surface area contributed by atoms with Gasteiger partial charge in [-0.2, -0.15) is 0 Å². The predicted molar refractivity (Wildman–Crippen MR) is 50.0 cm³/mol. The SMILES string of the molecule is CCCC(N)c1cc(C)c(C)o1. The van der Waals surface area contributed by atoms with Gasteiger partial charge in [-0.1, -0.05) is 13.3 Å². The lowest BCUT2D eigenvalue weighted by Crippen LogP contribution is -2.08. The first-order chi connectivity index (χ1) is 5.65. The van der Waals surface area contributed by atoms with E-state index in [2.05, 4.69) is 6.92 Å². The zero-order valence-electron chi connectivity index (χ0n) is 8.05. The van der Waals surface area contributed by atoms with E-state index in [1.54, 1.807) is 0 Å². The van der Waals surface area contributed by atoms with Crippen molar-refractivity contribution in [2.75, 3.05) is 0 Å². The molecule has 0 aliphatic carbocycles. The minimum Gasteiger partial charge on any atom is -0.464 e. The molecule has 0 aromatic carbocycles. The lowest BCUT2D eigenvalue weighted by atomic mass is 10.1. The molecule has 12 heavy (non-hydrogen) atoms. The van der Waals surface area contributed by atoms with Gasteiger partial charge in [-0.15, -0.1) is 0 Å². The Hall–Kier alpha value is -0.760. The fourth-order valence-electron chi connectivity index (χ4n) is 1.24. The maximum Gasteiger partial charge on any atom is 0.121 e. The summed E-state index contributed by atoms with van der Waals surface area (Å²) in [6, 6.07) is 2.11. The van der Waals surface area contributed by atoms with E-state index in [0.717, 1.165) is 24.4 Å². The maximum absolute atomic E-state index is 5.89. The Bertz CT molecular complexity index is 233. The predicted octanol–water partition coefficient (Wildman–Crippen LogP) is 2.70. The molecule has 2 nitrogen and oxygen atoms in total. The first kappa shape index (κ1) is 9.33. The Kier molecular flexibility index (Phi) is 2.93. The van der Waals surface area contributed by atoms with Gasteiger partial charge in [0.1, 0.15) is 11.5 Å². The van der Waals surface area contributed by atoms with Crippen molar-refractivity contribution in [2.24, 2.45) is 5.73 Å². The smallest absolute Gasteiger partial charge is 0.121 e. The van der Waals surface area contributed by atoms with E-state index in [4.69, 9.17) is 10.2 Å². The first-order valence-electron chi connectivity index (χ1n) is 4.47. The Morgan fingerprint density at radius 2 is 2.17 bits per heavy atom. The van der Waals surface area contributed by atoms with Crippen LogP contribution in [0.4, 0.5) is 0 Å². The molecule has 2 heteroatoms. The van der Waals surface area contributed by atoms with Crippen molar-refractivity contribution in [1.29, 1.82) is 0 Å². The largest absolute Gasteiger partial charge is 0.464 e. The molecular formula is C10H17NO. The number of hydrogen-bond donors (Lipinski definition) is 1. The Morgan fingerprint density at radius 1 is 1.50 bits per heavy atom. The van der Waals surface area contributed by atoms with Gasteiger partial charge in [-0.3, -0.25) is 0 Å². The normalized spacial score (nSPS) is 13.3. The van der Waals surface area contributed by atoms with Gasteiger partial charge >= 0.3 is 0 Å². The molecular weight excluding hydrogens is 150 g/mol. The van der Waals surface area contributed by atoms with Crippen LogP contribution >= 0.6 is 0 Å². The van der Waals surface area contributed by atoms with E-state index < -0.39 is 0 Å². The van der Waals surface area contributed by atoms with E-state index in [1.807, 2.05) is 19.9 Å². The molecule has 1 rings (SSSR count). The molecule has 0 amide bonds. The standard InChI is InChI=1S/C10H17NO/c1-4-5-9(11)10-6-7(2)8(3)12-10/h6,9H,4-5,11H2,1-3H3. The lowest BCUT2D eigenvalue weighted by molar-refractivity contribution is 0.432. The van der Waals surface area contributed by atoms with Gasteiger partial charge in [0.2, 0.25) is 0 Å². The summed E-state index contributed by atoms with van der Waals surface area (Å²) >= 11 is 0. The second kappa shape index (κ2) is 3.76. The monoisotopic (exact) mass is 167 g/mol. The average molecular weight is 167 g/mol.